The van der Waals surface area contributed by atoms with E-state index in [-0.39, 0.29) is 0 Å². The van der Waals surface area contributed by atoms with Gasteiger partial charge < -0.3 is 14.3 Å². The fraction of sp³-hybridized carbons (Fsp3) is 0.250. The highest BCUT2D eigenvalue weighted by Gasteiger charge is 2.01. The fourth-order valence-electron chi connectivity index (χ4n) is 2.20. The monoisotopic (exact) mass is 282 g/mol. The summed E-state index contributed by atoms with van der Waals surface area (Å²) in [6, 6.07) is 8.01. The van der Waals surface area contributed by atoms with Gasteiger partial charge in [-0.15, -0.1) is 0 Å². The van der Waals surface area contributed by atoms with Crippen molar-refractivity contribution in [2.45, 2.75) is 19.8 Å². The molecule has 5 heteroatoms. The Morgan fingerprint density at radius 3 is 2.76 bits per heavy atom. The number of nitrogens with one attached hydrogen (secondary N) is 1. The van der Waals surface area contributed by atoms with Crippen LogP contribution in [0.4, 0.5) is 0 Å². The quantitative estimate of drug-likeness (QED) is 0.707. The Morgan fingerprint density at radius 1 is 1.24 bits per heavy atom. The lowest BCUT2D eigenvalue weighted by molar-refractivity contribution is 0.310. The van der Waals surface area contributed by atoms with E-state index in [1.165, 1.54) is 0 Å². The molecular formula is C16H18N4O. The molecule has 1 N–H and O–H groups in total. The molecule has 2 aromatic heterocycles. The number of aryl methyl sites for hydroxylation is 2. The number of aromatic amines is 1. The van der Waals surface area contributed by atoms with Crippen molar-refractivity contribution in [2.24, 2.45) is 0 Å². The summed E-state index contributed by atoms with van der Waals surface area (Å²) in [6.07, 6.45) is 9.09. The third-order valence-corrected chi connectivity index (χ3v) is 3.40. The van der Waals surface area contributed by atoms with Crippen LogP contribution in [-0.4, -0.2) is 26.1 Å². The van der Waals surface area contributed by atoms with Crippen molar-refractivity contribution >= 4 is 0 Å². The van der Waals surface area contributed by atoms with Crippen LogP contribution in [0.15, 0.2) is 49.3 Å². The van der Waals surface area contributed by atoms with Gasteiger partial charge in [0.2, 0.25) is 0 Å². The number of nitrogens with zero attached hydrogens (tertiary/aromatic N) is 3. The first-order valence-electron chi connectivity index (χ1n) is 7.03. The van der Waals surface area contributed by atoms with Crippen LogP contribution in [-0.2, 0) is 6.42 Å². The van der Waals surface area contributed by atoms with Crippen molar-refractivity contribution in [1.82, 2.24) is 19.5 Å². The van der Waals surface area contributed by atoms with Crippen molar-refractivity contribution in [3.8, 4) is 11.4 Å². The van der Waals surface area contributed by atoms with E-state index in [0.29, 0.717) is 6.61 Å². The largest absolute Gasteiger partial charge is 0.494 e. The second-order valence-electron chi connectivity index (χ2n) is 4.89. The zero-order chi connectivity index (χ0) is 14.5. The summed E-state index contributed by atoms with van der Waals surface area (Å²) in [4.78, 5) is 11.4. The Morgan fingerprint density at radius 2 is 2.10 bits per heavy atom. The van der Waals surface area contributed by atoms with E-state index < -0.39 is 0 Å². The molecule has 0 radical (unpaired) electrons. The maximum atomic E-state index is 5.75. The van der Waals surface area contributed by atoms with Crippen LogP contribution in [0.1, 0.15) is 17.8 Å². The van der Waals surface area contributed by atoms with Crippen LogP contribution in [0.5, 0.6) is 5.75 Å². The predicted molar refractivity (Wildman–Crippen MR) is 80.7 cm³/mol. The van der Waals surface area contributed by atoms with Gasteiger partial charge in [0, 0.05) is 23.8 Å². The third kappa shape index (κ3) is 3.31. The van der Waals surface area contributed by atoms with Crippen LogP contribution in [0.3, 0.4) is 0 Å². The molecule has 0 aliphatic rings. The number of hydrogen-bond donors (Lipinski definition) is 1. The van der Waals surface area contributed by atoms with Crippen LogP contribution in [0, 0.1) is 6.92 Å². The maximum Gasteiger partial charge on any atom is 0.119 e. The molecule has 0 fully saturated rings. The molecule has 0 bridgehead atoms. The molecule has 0 amide bonds. The first-order chi connectivity index (χ1) is 10.3. The topological polar surface area (TPSA) is 55.7 Å². The molecule has 0 saturated heterocycles. The third-order valence-electron chi connectivity index (χ3n) is 3.40. The molecule has 3 aromatic rings. The molecule has 2 heterocycles. The minimum Gasteiger partial charge on any atom is -0.494 e. The minimum absolute atomic E-state index is 0.691. The van der Waals surface area contributed by atoms with E-state index in [4.69, 9.17) is 4.74 Å². The van der Waals surface area contributed by atoms with Gasteiger partial charge >= 0.3 is 0 Å². The van der Waals surface area contributed by atoms with Crippen molar-refractivity contribution in [2.75, 3.05) is 6.61 Å². The summed E-state index contributed by atoms with van der Waals surface area (Å²) in [6.45, 7) is 2.73. The fourth-order valence-corrected chi connectivity index (χ4v) is 2.20. The standard InChI is InChI=1S/C16H18N4O/c1-13-16(19-11-18-13)3-2-10-21-15-6-4-14(5-7-15)20-9-8-17-12-20/h4-9,11-12H,2-3,10H2,1H3,(H,18,19). The van der Waals surface area contributed by atoms with Gasteiger partial charge in [0.1, 0.15) is 5.75 Å². The highest BCUT2D eigenvalue weighted by molar-refractivity contribution is 5.37. The van der Waals surface area contributed by atoms with E-state index >= 15 is 0 Å². The smallest absolute Gasteiger partial charge is 0.119 e. The van der Waals surface area contributed by atoms with Gasteiger partial charge in [0.15, 0.2) is 0 Å². The molecule has 3 rings (SSSR count). The zero-order valence-corrected chi connectivity index (χ0v) is 12.0. The Kier molecular flexibility index (Phi) is 4.00. The van der Waals surface area contributed by atoms with Gasteiger partial charge in [-0.25, -0.2) is 9.97 Å². The number of hydrogen-bond acceptors (Lipinski definition) is 3. The van der Waals surface area contributed by atoms with E-state index in [9.17, 15) is 0 Å². The molecule has 0 spiro atoms. The SMILES string of the molecule is Cc1[nH]cnc1CCCOc1ccc(-n2ccnc2)cc1. The van der Waals surface area contributed by atoms with Crippen molar-refractivity contribution < 1.29 is 4.74 Å². The van der Waals surface area contributed by atoms with E-state index in [2.05, 4.69) is 15.0 Å². The predicted octanol–water partition coefficient (Wildman–Crippen LogP) is 2.92. The van der Waals surface area contributed by atoms with Gasteiger partial charge in [-0.1, -0.05) is 0 Å². The first-order valence-corrected chi connectivity index (χ1v) is 7.03. The van der Waals surface area contributed by atoms with E-state index in [0.717, 1.165) is 35.7 Å². The molecule has 0 aliphatic carbocycles. The van der Waals surface area contributed by atoms with Crippen molar-refractivity contribution in [1.29, 1.82) is 0 Å². The Bertz CT molecular complexity index is 671. The Labute approximate surface area is 123 Å². The molecule has 108 valence electrons. The van der Waals surface area contributed by atoms with Gasteiger partial charge in [-0.05, 0) is 44.0 Å². The lowest BCUT2D eigenvalue weighted by atomic mass is 10.2. The molecule has 1 aromatic carbocycles. The summed E-state index contributed by atoms with van der Waals surface area (Å²) < 4.78 is 7.72. The lowest BCUT2D eigenvalue weighted by Gasteiger charge is -2.07. The Balaban J connectivity index is 1.48. The molecule has 5 nitrogen and oxygen atoms in total. The summed E-state index contributed by atoms with van der Waals surface area (Å²) in [5.41, 5.74) is 3.33. The highest BCUT2D eigenvalue weighted by Crippen LogP contribution is 2.15. The highest BCUT2D eigenvalue weighted by atomic mass is 16.5. The van der Waals surface area contributed by atoms with Crippen LogP contribution < -0.4 is 4.74 Å². The first kappa shape index (κ1) is 13.4. The minimum atomic E-state index is 0.691. The second-order valence-corrected chi connectivity index (χ2v) is 4.89. The molecular weight excluding hydrogens is 264 g/mol. The molecule has 21 heavy (non-hydrogen) atoms. The van der Waals surface area contributed by atoms with Gasteiger partial charge in [0.05, 0.1) is 25.0 Å². The average molecular weight is 282 g/mol. The van der Waals surface area contributed by atoms with Crippen LogP contribution in [0.2, 0.25) is 0 Å². The molecule has 0 unspecified atom stereocenters. The van der Waals surface area contributed by atoms with Crippen molar-refractivity contribution in [3.63, 3.8) is 0 Å². The average Bonchev–Trinajstić information content (AvgIpc) is 3.16. The second kappa shape index (κ2) is 6.26. The van der Waals surface area contributed by atoms with Crippen molar-refractivity contribution in [3.05, 3.63) is 60.7 Å². The van der Waals surface area contributed by atoms with Crippen LogP contribution >= 0.6 is 0 Å². The molecule has 0 atom stereocenters. The normalized spacial score (nSPS) is 10.7. The number of aromatic nitrogens is 4. The van der Waals surface area contributed by atoms with E-state index in [1.54, 1.807) is 18.9 Å². The number of ether oxygens (including phenoxy) is 1. The Hall–Kier alpha value is -2.56. The van der Waals surface area contributed by atoms with Gasteiger partial charge in [-0.3, -0.25) is 0 Å². The molecule has 0 saturated carbocycles. The number of rotatable bonds is 6. The lowest BCUT2D eigenvalue weighted by Crippen LogP contribution is -2.00. The number of imidazole rings is 2. The summed E-state index contributed by atoms with van der Waals surface area (Å²) >= 11 is 0. The number of H-pyrrole nitrogens is 1. The number of benzene rings is 1. The summed E-state index contributed by atoms with van der Waals surface area (Å²) in [5.74, 6) is 0.887. The van der Waals surface area contributed by atoms with Gasteiger partial charge in [-0.2, -0.15) is 0 Å². The zero-order valence-electron chi connectivity index (χ0n) is 12.0. The van der Waals surface area contributed by atoms with Gasteiger partial charge in [0.25, 0.3) is 0 Å². The van der Waals surface area contributed by atoms with E-state index in [1.807, 2.05) is 42.0 Å². The molecule has 0 aliphatic heterocycles. The summed E-state index contributed by atoms with van der Waals surface area (Å²) in [7, 11) is 0. The maximum absolute atomic E-state index is 5.75. The summed E-state index contributed by atoms with van der Waals surface area (Å²) in [5, 5.41) is 0. The van der Waals surface area contributed by atoms with Crippen LogP contribution in [0.25, 0.3) is 5.69 Å².